The molecule has 0 spiro atoms. The molecule has 3 heteroatoms. The topological polar surface area (TPSA) is 69.1 Å². The number of carbonyl (C=O) groups excluding carboxylic acids is 1. The summed E-state index contributed by atoms with van der Waals surface area (Å²) in [6.45, 7) is 0. The molecule has 0 unspecified atom stereocenters. The van der Waals surface area contributed by atoms with Gasteiger partial charge in [0.1, 0.15) is 0 Å². The molecule has 1 fully saturated rings. The molecule has 2 atom stereocenters. The molecule has 0 amide bonds. The zero-order valence-corrected chi connectivity index (χ0v) is 10.5. The molecule has 1 aromatic carbocycles. The molecule has 0 bridgehead atoms. The van der Waals surface area contributed by atoms with Gasteiger partial charge < -0.3 is 11.5 Å². The van der Waals surface area contributed by atoms with Crippen molar-refractivity contribution in [2.24, 2.45) is 11.5 Å². The Labute approximate surface area is 108 Å². The zero-order chi connectivity index (χ0) is 13.0. The van der Waals surface area contributed by atoms with Crippen LogP contribution < -0.4 is 11.5 Å². The predicted octanol–water partition coefficient (Wildman–Crippen LogP) is 1.87. The first-order chi connectivity index (χ1) is 8.63. The highest BCUT2D eigenvalue weighted by Gasteiger charge is 2.40. The maximum atomic E-state index is 12.2. The van der Waals surface area contributed by atoms with Crippen LogP contribution in [0.15, 0.2) is 36.4 Å². The smallest absolute Gasteiger partial charge is 0.177 e. The van der Waals surface area contributed by atoms with Crippen molar-refractivity contribution in [2.75, 3.05) is 0 Å². The Kier molecular flexibility index (Phi) is 3.94. The van der Waals surface area contributed by atoms with E-state index in [-0.39, 0.29) is 11.8 Å². The minimum Gasteiger partial charge on any atom is -0.326 e. The maximum absolute atomic E-state index is 12.2. The summed E-state index contributed by atoms with van der Waals surface area (Å²) in [7, 11) is 0. The fourth-order valence-corrected chi connectivity index (χ4v) is 2.42. The molecule has 0 aromatic heterocycles. The SMILES string of the molecule is N[C@@H]1CCCC[C@]1(N)C(=O)C=Cc1ccccc1. The molecule has 1 aliphatic carbocycles. The molecule has 1 saturated carbocycles. The third-order valence-corrected chi connectivity index (χ3v) is 3.70. The monoisotopic (exact) mass is 244 g/mol. The third-order valence-electron chi connectivity index (χ3n) is 3.70. The summed E-state index contributed by atoms with van der Waals surface area (Å²) in [5, 5.41) is 0. The molecule has 3 nitrogen and oxygen atoms in total. The molecule has 4 N–H and O–H groups in total. The van der Waals surface area contributed by atoms with Crippen LogP contribution in [0.1, 0.15) is 31.2 Å². The standard InChI is InChI=1S/C15H20N2O/c16-13-8-4-5-11-15(13,17)14(18)10-9-12-6-2-1-3-7-12/h1-3,6-7,9-10,13H,4-5,8,11,16-17H2/t13-,15-/m1/s1. The molecule has 18 heavy (non-hydrogen) atoms. The highest BCUT2D eigenvalue weighted by atomic mass is 16.1. The van der Waals surface area contributed by atoms with Gasteiger partial charge in [-0.2, -0.15) is 0 Å². The molecule has 2 rings (SSSR count). The fraction of sp³-hybridized carbons (Fsp3) is 0.400. The second kappa shape index (κ2) is 5.46. The van der Waals surface area contributed by atoms with E-state index in [0.717, 1.165) is 24.8 Å². The van der Waals surface area contributed by atoms with Crippen molar-refractivity contribution in [3.63, 3.8) is 0 Å². The van der Waals surface area contributed by atoms with Crippen LogP contribution in [0.5, 0.6) is 0 Å². The van der Waals surface area contributed by atoms with Gasteiger partial charge >= 0.3 is 0 Å². The van der Waals surface area contributed by atoms with Crippen LogP contribution in [0, 0.1) is 0 Å². The lowest BCUT2D eigenvalue weighted by molar-refractivity contribution is -0.121. The Morgan fingerprint density at radius 3 is 2.67 bits per heavy atom. The summed E-state index contributed by atoms with van der Waals surface area (Å²) in [6, 6.07) is 9.50. The molecule has 1 aromatic rings. The maximum Gasteiger partial charge on any atom is 0.177 e. The fourth-order valence-electron chi connectivity index (χ4n) is 2.42. The van der Waals surface area contributed by atoms with Crippen molar-refractivity contribution >= 4 is 11.9 Å². The number of nitrogens with two attached hydrogens (primary N) is 2. The van der Waals surface area contributed by atoms with Gasteiger partial charge in [0.2, 0.25) is 0 Å². The van der Waals surface area contributed by atoms with Gasteiger partial charge in [-0.3, -0.25) is 4.79 Å². The van der Waals surface area contributed by atoms with Crippen LogP contribution in [0.3, 0.4) is 0 Å². The molecule has 0 heterocycles. The number of carbonyl (C=O) groups is 1. The zero-order valence-electron chi connectivity index (χ0n) is 10.5. The quantitative estimate of drug-likeness (QED) is 0.797. The first-order valence-corrected chi connectivity index (χ1v) is 6.45. The van der Waals surface area contributed by atoms with Gasteiger partial charge in [-0.1, -0.05) is 49.2 Å². The van der Waals surface area contributed by atoms with E-state index in [1.165, 1.54) is 0 Å². The minimum absolute atomic E-state index is 0.0569. The predicted molar refractivity (Wildman–Crippen MR) is 73.8 cm³/mol. The van der Waals surface area contributed by atoms with Crippen molar-refractivity contribution < 1.29 is 4.79 Å². The third kappa shape index (κ3) is 2.68. The molecule has 96 valence electrons. The summed E-state index contributed by atoms with van der Waals surface area (Å²) in [4.78, 5) is 12.2. The van der Waals surface area contributed by atoms with Crippen molar-refractivity contribution in [1.29, 1.82) is 0 Å². The molecule has 0 aliphatic heterocycles. The Bertz CT molecular complexity index is 441. The lowest BCUT2D eigenvalue weighted by atomic mass is 9.75. The van der Waals surface area contributed by atoms with Crippen molar-refractivity contribution in [2.45, 2.75) is 37.3 Å². The number of hydrogen-bond acceptors (Lipinski definition) is 3. The van der Waals surface area contributed by atoms with Crippen LogP contribution in [-0.4, -0.2) is 17.4 Å². The van der Waals surface area contributed by atoms with Crippen LogP contribution in [0.25, 0.3) is 6.08 Å². The summed E-state index contributed by atoms with van der Waals surface area (Å²) in [6.07, 6.45) is 6.94. The molecule has 0 saturated heterocycles. The highest BCUT2D eigenvalue weighted by Crippen LogP contribution is 2.26. The van der Waals surface area contributed by atoms with Crippen molar-refractivity contribution in [1.82, 2.24) is 0 Å². The van der Waals surface area contributed by atoms with E-state index in [9.17, 15) is 4.79 Å². The highest BCUT2D eigenvalue weighted by molar-refractivity contribution is 6.01. The van der Waals surface area contributed by atoms with Crippen LogP contribution in [0.4, 0.5) is 0 Å². The second-order valence-electron chi connectivity index (χ2n) is 5.00. The van der Waals surface area contributed by atoms with Gasteiger partial charge in [-0.25, -0.2) is 0 Å². The first kappa shape index (κ1) is 13.0. The Hall–Kier alpha value is -1.45. The van der Waals surface area contributed by atoms with Crippen molar-refractivity contribution in [3.05, 3.63) is 42.0 Å². The summed E-state index contributed by atoms with van der Waals surface area (Å²) in [5.74, 6) is -0.0569. The largest absolute Gasteiger partial charge is 0.326 e. The van der Waals surface area contributed by atoms with Gasteiger partial charge in [0.25, 0.3) is 0 Å². The van der Waals surface area contributed by atoms with Gasteiger partial charge in [0, 0.05) is 6.04 Å². The first-order valence-electron chi connectivity index (χ1n) is 6.45. The molecular weight excluding hydrogens is 224 g/mol. The molecule has 1 aliphatic rings. The Balaban J connectivity index is 2.09. The van der Waals surface area contributed by atoms with Crippen LogP contribution in [-0.2, 0) is 4.79 Å². The number of rotatable bonds is 3. The minimum atomic E-state index is -0.871. The summed E-state index contributed by atoms with van der Waals surface area (Å²) < 4.78 is 0. The van der Waals surface area contributed by atoms with E-state index in [4.69, 9.17) is 11.5 Å². The summed E-state index contributed by atoms with van der Waals surface area (Å²) in [5.41, 5.74) is 12.3. The van der Waals surface area contributed by atoms with E-state index in [1.807, 2.05) is 30.3 Å². The normalized spacial score (nSPS) is 28.4. The summed E-state index contributed by atoms with van der Waals surface area (Å²) >= 11 is 0. The van der Waals surface area contributed by atoms with E-state index in [1.54, 1.807) is 12.2 Å². The average molecular weight is 244 g/mol. The number of ketones is 1. The van der Waals surface area contributed by atoms with E-state index in [0.29, 0.717) is 6.42 Å². The number of hydrogen-bond donors (Lipinski definition) is 2. The second-order valence-corrected chi connectivity index (χ2v) is 5.00. The lowest BCUT2D eigenvalue weighted by Gasteiger charge is -2.36. The van der Waals surface area contributed by atoms with Gasteiger partial charge in [-0.15, -0.1) is 0 Å². The van der Waals surface area contributed by atoms with Gasteiger partial charge in [0.05, 0.1) is 5.54 Å². The Morgan fingerprint density at radius 2 is 2.00 bits per heavy atom. The van der Waals surface area contributed by atoms with Gasteiger partial charge in [-0.05, 0) is 24.5 Å². The Morgan fingerprint density at radius 1 is 1.28 bits per heavy atom. The van der Waals surface area contributed by atoms with Crippen molar-refractivity contribution in [3.8, 4) is 0 Å². The average Bonchev–Trinajstić information content (AvgIpc) is 2.40. The van der Waals surface area contributed by atoms with E-state index < -0.39 is 5.54 Å². The van der Waals surface area contributed by atoms with Crippen LogP contribution >= 0.6 is 0 Å². The molecular formula is C15H20N2O. The van der Waals surface area contributed by atoms with Crippen LogP contribution in [0.2, 0.25) is 0 Å². The number of benzene rings is 1. The van der Waals surface area contributed by atoms with E-state index in [2.05, 4.69) is 0 Å². The van der Waals surface area contributed by atoms with Gasteiger partial charge in [0.15, 0.2) is 5.78 Å². The van der Waals surface area contributed by atoms with E-state index >= 15 is 0 Å². The molecule has 0 radical (unpaired) electrons. The lowest BCUT2D eigenvalue weighted by Crippen LogP contribution is -2.61.